The number of nitrogens with one attached hydrogen (secondary N) is 1. The van der Waals surface area contributed by atoms with Crippen LogP contribution >= 0.6 is 11.6 Å². The molecule has 1 saturated heterocycles. The highest BCUT2D eigenvalue weighted by molar-refractivity contribution is 7.90. The van der Waals surface area contributed by atoms with E-state index in [1.807, 2.05) is 24.3 Å². The van der Waals surface area contributed by atoms with Crippen molar-refractivity contribution in [3.05, 3.63) is 29.3 Å². The number of benzene rings is 1. The van der Waals surface area contributed by atoms with Gasteiger partial charge in [0.2, 0.25) is 0 Å². The first-order valence-electron chi connectivity index (χ1n) is 9.69. The Kier molecular flexibility index (Phi) is 9.99. The number of hydrogen-bond acceptors (Lipinski definition) is 6. The van der Waals surface area contributed by atoms with Crippen molar-refractivity contribution in [2.24, 2.45) is 4.99 Å². The summed E-state index contributed by atoms with van der Waals surface area (Å²) in [5, 5.41) is 3.97. The van der Waals surface area contributed by atoms with E-state index in [-0.39, 0.29) is 12.4 Å². The molecule has 2 rings (SSSR count). The highest BCUT2D eigenvalue weighted by Gasteiger charge is 2.19. The highest BCUT2D eigenvalue weighted by Crippen LogP contribution is 2.15. The Morgan fingerprint density at radius 1 is 1.14 bits per heavy atom. The van der Waals surface area contributed by atoms with E-state index in [1.54, 1.807) is 7.05 Å². The lowest BCUT2D eigenvalue weighted by molar-refractivity contribution is 0.145. The van der Waals surface area contributed by atoms with Crippen molar-refractivity contribution < 1.29 is 17.9 Å². The van der Waals surface area contributed by atoms with Gasteiger partial charge in [0.05, 0.1) is 19.0 Å². The van der Waals surface area contributed by atoms with Crippen LogP contribution in [0.15, 0.2) is 29.3 Å². The standard InChI is InChI=1S/C19H31ClN4O4S/c1-21-19(22-7-13-27-15-16-29(2,25)26)24-10-8-23(9-11-24)12-14-28-18-5-3-17(20)4-6-18/h3-6H,7-16H2,1-2H3,(H,21,22). The van der Waals surface area contributed by atoms with Crippen LogP contribution in [-0.4, -0.2) is 102 Å². The molecular formula is C19H31ClN4O4S. The van der Waals surface area contributed by atoms with E-state index in [2.05, 4.69) is 20.1 Å². The zero-order valence-corrected chi connectivity index (χ0v) is 18.7. The van der Waals surface area contributed by atoms with E-state index in [0.717, 1.165) is 44.4 Å². The van der Waals surface area contributed by atoms with E-state index >= 15 is 0 Å². The molecule has 0 saturated carbocycles. The van der Waals surface area contributed by atoms with Gasteiger partial charge in [-0.15, -0.1) is 0 Å². The van der Waals surface area contributed by atoms with Crippen molar-refractivity contribution in [2.45, 2.75) is 0 Å². The van der Waals surface area contributed by atoms with Gasteiger partial charge in [-0.1, -0.05) is 11.6 Å². The minimum Gasteiger partial charge on any atom is -0.492 e. The quantitative estimate of drug-likeness (QED) is 0.326. The van der Waals surface area contributed by atoms with Crippen molar-refractivity contribution in [1.29, 1.82) is 0 Å². The highest BCUT2D eigenvalue weighted by atomic mass is 35.5. The number of aliphatic imine (C=N–C) groups is 1. The number of guanidine groups is 1. The smallest absolute Gasteiger partial charge is 0.193 e. The Labute approximate surface area is 178 Å². The number of rotatable bonds is 10. The van der Waals surface area contributed by atoms with Gasteiger partial charge < -0.3 is 19.7 Å². The molecule has 1 aromatic carbocycles. The van der Waals surface area contributed by atoms with Gasteiger partial charge in [-0.3, -0.25) is 9.89 Å². The Hall–Kier alpha value is -1.55. The summed E-state index contributed by atoms with van der Waals surface area (Å²) < 4.78 is 33.2. The average molecular weight is 447 g/mol. The van der Waals surface area contributed by atoms with Crippen LogP contribution in [0.4, 0.5) is 0 Å². The number of ether oxygens (including phenoxy) is 2. The average Bonchev–Trinajstić information content (AvgIpc) is 2.69. The van der Waals surface area contributed by atoms with Gasteiger partial charge in [0.1, 0.15) is 22.2 Å². The van der Waals surface area contributed by atoms with Crippen LogP contribution < -0.4 is 10.1 Å². The molecule has 1 aliphatic rings. The van der Waals surface area contributed by atoms with Crippen molar-refractivity contribution in [2.75, 3.05) is 78.1 Å². The molecule has 10 heteroatoms. The topological polar surface area (TPSA) is 83.5 Å². The first-order valence-corrected chi connectivity index (χ1v) is 12.1. The molecule has 29 heavy (non-hydrogen) atoms. The van der Waals surface area contributed by atoms with Crippen LogP contribution in [-0.2, 0) is 14.6 Å². The monoisotopic (exact) mass is 446 g/mol. The third-order valence-corrected chi connectivity index (χ3v) is 5.66. The maximum Gasteiger partial charge on any atom is 0.193 e. The largest absolute Gasteiger partial charge is 0.492 e. The molecule has 1 N–H and O–H groups in total. The van der Waals surface area contributed by atoms with Gasteiger partial charge in [0.15, 0.2) is 5.96 Å². The number of hydrogen-bond donors (Lipinski definition) is 1. The Morgan fingerprint density at radius 2 is 1.83 bits per heavy atom. The molecule has 1 aromatic rings. The second-order valence-electron chi connectivity index (χ2n) is 6.85. The second-order valence-corrected chi connectivity index (χ2v) is 9.54. The SMILES string of the molecule is CN=C(NCCOCCS(C)(=O)=O)N1CCN(CCOc2ccc(Cl)cc2)CC1. The number of halogens is 1. The summed E-state index contributed by atoms with van der Waals surface area (Å²) in [4.78, 5) is 8.91. The van der Waals surface area contributed by atoms with Gasteiger partial charge in [0.25, 0.3) is 0 Å². The summed E-state index contributed by atoms with van der Waals surface area (Å²) in [7, 11) is -1.21. The summed E-state index contributed by atoms with van der Waals surface area (Å²) >= 11 is 5.88. The third kappa shape index (κ3) is 9.66. The lowest BCUT2D eigenvalue weighted by Gasteiger charge is -2.36. The first-order chi connectivity index (χ1) is 13.9. The molecule has 8 nitrogen and oxygen atoms in total. The zero-order chi connectivity index (χ0) is 21.1. The molecule has 164 valence electrons. The van der Waals surface area contributed by atoms with Gasteiger partial charge in [-0.05, 0) is 24.3 Å². The lowest BCUT2D eigenvalue weighted by atomic mass is 10.3. The fraction of sp³-hybridized carbons (Fsp3) is 0.632. The van der Waals surface area contributed by atoms with E-state index in [9.17, 15) is 8.42 Å². The molecule has 0 aromatic heterocycles. The van der Waals surface area contributed by atoms with Crippen LogP contribution in [0, 0.1) is 0 Å². The van der Waals surface area contributed by atoms with Crippen molar-refractivity contribution in [3.63, 3.8) is 0 Å². The van der Waals surface area contributed by atoms with Crippen LogP contribution in [0.1, 0.15) is 0 Å². The Balaban J connectivity index is 1.59. The molecule has 0 amide bonds. The van der Waals surface area contributed by atoms with Crippen LogP contribution in [0.2, 0.25) is 5.02 Å². The Bertz CT molecular complexity index is 735. The van der Waals surface area contributed by atoms with E-state index < -0.39 is 9.84 Å². The summed E-state index contributed by atoms with van der Waals surface area (Å²) in [5.41, 5.74) is 0. The molecule has 0 unspecified atom stereocenters. The minimum atomic E-state index is -2.98. The zero-order valence-electron chi connectivity index (χ0n) is 17.1. The van der Waals surface area contributed by atoms with Crippen LogP contribution in [0.3, 0.4) is 0 Å². The summed E-state index contributed by atoms with van der Waals surface area (Å²) in [6.45, 7) is 6.41. The maximum absolute atomic E-state index is 11.1. The summed E-state index contributed by atoms with van der Waals surface area (Å²) in [5.74, 6) is 1.72. The first kappa shape index (κ1) is 23.7. The summed E-state index contributed by atoms with van der Waals surface area (Å²) in [6.07, 6.45) is 1.21. The molecule has 0 aliphatic carbocycles. The minimum absolute atomic E-state index is 0.0470. The Morgan fingerprint density at radius 3 is 2.45 bits per heavy atom. The predicted molar refractivity (Wildman–Crippen MR) is 117 cm³/mol. The number of piperazine rings is 1. The van der Waals surface area contributed by atoms with E-state index in [0.29, 0.717) is 24.8 Å². The van der Waals surface area contributed by atoms with E-state index in [4.69, 9.17) is 21.1 Å². The van der Waals surface area contributed by atoms with Crippen molar-refractivity contribution in [3.8, 4) is 5.75 Å². The molecular weight excluding hydrogens is 416 g/mol. The molecule has 0 bridgehead atoms. The van der Waals surface area contributed by atoms with Gasteiger partial charge in [-0.2, -0.15) is 0 Å². The van der Waals surface area contributed by atoms with Gasteiger partial charge >= 0.3 is 0 Å². The van der Waals surface area contributed by atoms with Crippen LogP contribution in [0.25, 0.3) is 0 Å². The molecule has 1 aliphatic heterocycles. The molecule has 1 fully saturated rings. The molecule has 0 atom stereocenters. The molecule has 0 spiro atoms. The number of nitrogens with zero attached hydrogens (tertiary/aromatic N) is 3. The number of sulfone groups is 1. The van der Waals surface area contributed by atoms with Crippen molar-refractivity contribution in [1.82, 2.24) is 15.1 Å². The second kappa shape index (κ2) is 12.2. The summed E-state index contributed by atoms with van der Waals surface area (Å²) in [6, 6.07) is 7.40. The third-order valence-electron chi connectivity index (χ3n) is 4.50. The molecule has 0 radical (unpaired) electrons. The molecule has 1 heterocycles. The lowest BCUT2D eigenvalue weighted by Crippen LogP contribution is -2.53. The predicted octanol–water partition coefficient (Wildman–Crippen LogP) is 0.973. The van der Waals surface area contributed by atoms with Crippen LogP contribution in [0.5, 0.6) is 5.75 Å². The fourth-order valence-corrected chi connectivity index (χ4v) is 3.43. The van der Waals surface area contributed by atoms with Gasteiger partial charge in [0, 0.05) is 57.6 Å². The normalized spacial score (nSPS) is 16.1. The van der Waals surface area contributed by atoms with E-state index in [1.165, 1.54) is 6.26 Å². The van der Waals surface area contributed by atoms with Gasteiger partial charge in [-0.25, -0.2) is 8.42 Å². The van der Waals surface area contributed by atoms with Crippen molar-refractivity contribution >= 4 is 27.4 Å². The maximum atomic E-state index is 11.1. The fourth-order valence-electron chi connectivity index (χ4n) is 2.89.